The molecule has 0 radical (unpaired) electrons. The van der Waals surface area contributed by atoms with Crippen molar-refractivity contribution in [3.05, 3.63) is 11.4 Å². The Labute approximate surface area is 85.5 Å². The van der Waals surface area contributed by atoms with Crippen LogP contribution in [-0.4, -0.2) is 12.2 Å². The van der Waals surface area contributed by atoms with Crippen LogP contribution in [0, 0.1) is 41.6 Å². The number of hydrogen-bond donors (Lipinski definition) is 0. The van der Waals surface area contributed by atoms with Crippen molar-refractivity contribution in [2.45, 2.75) is 25.1 Å². The van der Waals surface area contributed by atoms with Gasteiger partial charge in [0.15, 0.2) is 0 Å². The van der Waals surface area contributed by atoms with E-state index in [-0.39, 0.29) is 5.92 Å². The molecule has 0 spiro atoms. The Balaban J connectivity index is 2.30. The summed E-state index contributed by atoms with van der Waals surface area (Å²) in [4.78, 5) is 3.11. The zero-order chi connectivity index (χ0) is 11.2. The van der Waals surface area contributed by atoms with E-state index < -0.39 is 30.0 Å². The minimum absolute atomic E-state index is 0.219. The van der Waals surface area contributed by atoms with Crippen LogP contribution in [0.1, 0.15) is 12.8 Å². The van der Waals surface area contributed by atoms with Crippen LogP contribution in [0.5, 0.6) is 0 Å². The molecular formula is C10H9F3N2. The van der Waals surface area contributed by atoms with Crippen LogP contribution in [0.4, 0.5) is 13.2 Å². The lowest BCUT2D eigenvalue weighted by atomic mass is 9.78. The Morgan fingerprint density at radius 2 is 2.00 bits per heavy atom. The lowest BCUT2D eigenvalue weighted by molar-refractivity contribution is -0.191. The Kier molecular flexibility index (Phi) is 2.15. The molecule has 0 heterocycles. The van der Waals surface area contributed by atoms with Crippen molar-refractivity contribution in [2.75, 3.05) is 0 Å². The maximum Gasteiger partial charge on any atom is 0.399 e. The lowest BCUT2D eigenvalue weighted by Gasteiger charge is -2.27. The van der Waals surface area contributed by atoms with Crippen molar-refractivity contribution in [3.8, 4) is 6.07 Å². The molecule has 5 unspecified atom stereocenters. The normalized spacial score (nSPS) is 43.7. The largest absolute Gasteiger partial charge is 0.399 e. The van der Waals surface area contributed by atoms with E-state index in [1.165, 1.54) is 0 Å². The molecule has 0 aromatic carbocycles. The van der Waals surface area contributed by atoms with Gasteiger partial charge in [-0.05, 0) is 18.8 Å². The molecular weight excluding hydrogens is 205 g/mol. The standard InChI is InChI=1S/C10H9F3N2/c1-15-9-5-2-6(4-14)7(3-5)8(9)10(11,12)13/h5-9H,2-3H2. The molecule has 0 aliphatic heterocycles. The fourth-order valence-corrected chi connectivity index (χ4v) is 3.10. The Morgan fingerprint density at radius 3 is 2.47 bits per heavy atom. The minimum Gasteiger partial charge on any atom is -0.313 e. The van der Waals surface area contributed by atoms with Crippen molar-refractivity contribution in [2.24, 2.45) is 23.7 Å². The van der Waals surface area contributed by atoms with Crippen molar-refractivity contribution in [1.29, 1.82) is 5.26 Å². The van der Waals surface area contributed by atoms with Crippen molar-refractivity contribution in [1.82, 2.24) is 0 Å². The molecule has 0 aromatic heterocycles. The first-order chi connectivity index (χ1) is 6.99. The van der Waals surface area contributed by atoms with Gasteiger partial charge in [-0.2, -0.15) is 18.4 Å². The molecule has 5 heteroatoms. The third-order valence-electron chi connectivity index (χ3n) is 3.65. The summed E-state index contributed by atoms with van der Waals surface area (Å²) in [6, 6.07) is 0.994. The van der Waals surface area contributed by atoms with Crippen LogP contribution in [0.25, 0.3) is 4.85 Å². The highest BCUT2D eigenvalue weighted by molar-refractivity contribution is 5.14. The van der Waals surface area contributed by atoms with Crippen LogP contribution < -0.4 is 0 Å². The first-order valence-electron chi connectivity index (χ1n) is 4.82. The predicted octanol–water partition coefficient (Wildman–Crippen LogP) is 2.63. The SMILES string of the molecule is [C-]#[N+]C1C2CC(C#N)C(C2)C1C(F)(F)F. The topological polar surface area (TPSA) is 28.1 Å². The number of halogens is 3. The van der Waals surface area contributed by atoms with Gasteiger partial charge in [0.2, 0.25) is 6.04 Å². The fourth-order valence-electron chi connectivity index (χ4n) is 3.10. The number of fused-ring (bicyclic) bond motifs is 2. The average Bonchev–Trinajstić information content (AvgIpc) is 2.71. The molecule has 2 aliphatic rings. The maximum atomic E-state index is 12.7. The van der Waals surface area contributed by atoms with Gasteiger partial charge in [-0.25, -0.2) is 6.57 Å². The zero-order valence-corrected chi connectivity index (χ0v) is 7.83. The van der Waals surface area contributed by atoms with E-state index in [1.807, 2.05) is 6.07 Å². The highest BCUT2D eigenvalue weighted by atomic mass is 19.4. The quantitative estimate of drug-likeness (QED) is 0.570. The van der Waals surface area contributed by atoms with E-state index in [0.717, 1.165) is 0 Å². The number of hydrogen-bond acceptors (Lipinski definition) is 1. The van der Waals surface area contributed by atoms with E-state index in [4.69, 9.17) is 11.8 Å². The summed E-state index contributed by atoms with van der Waals surface area (Å²) in [5.41, 5.74) is 0. The van der Waals surface area contributed by atoms with Crippen molar-refractivity contribution >= 4 is 0 Å². The summed E-state index contributed by atoms with van der Waals surface area (Å²) in [5, 5.41) is 8.74. The summed E-state index contributed by atoms with van der Waals surface area (Å²) in [6.07, 6.45) is -3.46. The van der Waals surface area contributed by atoms with Crippen molar-refractivity contribution in [3.63, 3.8) is 0 Å². The molecule has 0 saturated heterocycles. The molecule has 5 atom stereocenters. The van der Waals surface area contributed by atoms with Gasteiger partial charge in [0.1, 0.15) is 5.92 Å². The van der Waals surface area contributed by atoms with Crippen LogP contribution in [0.15, 0.2) is 0 Å². The molecule has 0 N–H and O–H groups in total. The highest BCUT2D eigenvalue weighted by Gasteiger charge is 2.66. The molecule has 2 bridgehead atoms. The average molecular weight is 214 g/mol. The van der Waals surface area contributed by atoms with Gasteiger partial charge in [0.05, 0.1) is 12.0 Å². The predicted molar refractivity (Wildman–Crippen MR) is 45.3 cm³/mol. The zero-order valence-electron chi connectivity index (χ0n) is 7.83. The van der Waals surface area contributed by atoms with Gasteiger partial charge in [0.25, 0.3) is 0 Å². The van der Waals surface area contributed by atoms with Crippen LogP contribution in [0.3, 0.4) is 0 Å². The summed E-state index contributed by atoms with van der Waals surface area (Å²) in [5.74, 6) is -2.93. The van der Waals surface area contributed by atoms with Crippen LogP contribution in [0.2, 0.25) is 0 Å². The van der Waals surface area contributed by atoms with Crippen molar-refractivity contribution < 1.29 is 13.2 Å². The Morgan fingerprint density at radius 1 is 1.33 bits per heavy atom. The molecule has 2 aliphatic carbocycles. The Hall–Kier alpha value is -1.23. The molecule has 15 heavy (non-hydrogen) atoms. The molecule has 0 amide bonds. The van der Waals surface area contributed by atoms with E-state index in [9.17, 15) is 13.2 Å². The van der Waals surface area contributed by atoms with Crippen LogP contribution >= 0.6 is 0 Å². The van der Waals surface area contributed by atoms with Gasteiger partial charge >= 0.3 is 6.18 Å². The summed E-state index contributed by atoms with van der Waals surface area (Å²) in [7, 11) is 0. The first kappa shape index (κ1) is 10.3. The van der Waals surface area contributed by atoms with Gasteiger partial charge in [0, 0.05) is 5.92 Å². The smallest absolute Gasteiger partial charge is 0.313 e. The third-order valence-corrected chi connectivity index (χ3v) is 3.65. The number of nitriles is 1. The second kappa shape index (κ2) is 3.13. The van der Waals surface area contributed by atoms with E-state index in [2.05, 4.69) is 4.85 Å². The molecule has 0 aromatic rings. The number of rotatable bonds is 0. The number of alkyl halides is 3. The highest BCUT2D eigenvalue weighted by Crippen LogP contribution is 2.57. The fraction of sp³-hybridized carbons (Fsp3) is 0.800. The lowest BCUT2D eigenvalue weighted by Crippen LogP contribution is -2.39. The summed E-state index contributed by atoms with van der Waals surface area (Å²) in [6.45, 7) is 6.83. The van der Waals surface area contributed by atoms with Gasteiger partial charge in [-0.3, -0.25) is 0 Å². The molecule has 80 valence electrons. The number of nitrogens with zero attached hydrogens (tertiary/aromatic N) is 2. The second-order valence-corrected chi connectivity index (χ2v) is 4.32. The van der Waals surface area contributed by atoms with Crippen LogP contribution in [-0.2, 0) is 0 Å². The molecule has 2 nitrogen and oxygen atoms in total. The van der Waals surface area contributed by atoms with Gasteiger partial charge < -0.3 is 4.85 Å². The van der Waals surface area contributed by atoms with E-state index >= 15 is 0 Å². The summed E-state index contributed by atoms with van der Waals surface area (Å²) < 4.78 is 38.1. The van der Waals surface area contributed by atoms with E-state index in [0.29, 0.717) is 12.8 Å². The van der Waals surface area contributed by atoms with Gasteiger partial charge in [-0.15, -0.1) is 0 Å². The third kappa shape index (κ3) is 1.38. The first-order valence-corrected chi connectivity index (χ1v) is 4.82. The van der Waals surface area contributed by atoms with E-state index in [1.54, 1.807) is 0 Å². The molecule has 2 fully saturated rings. The monoisotopic (exact) mass is 214 g/mol. The van der Waals surface area contributed by atoms with Gasteiger partial charge in [-0.1, -0.05) is 0 Å². The molecule has 2 saturated carbocycles. The summed E-state index contributed by atoms with van der Waals surface area (Å²) >= 11 is 0. The maximum absolute atomic E-state index is 12.7. The Bertz CT molecular complexity index is 349. The minimum atomic E-state index is -4.33. The second-order valence-electron chi connectivity index (χ2n) is 4.32. The molecule has 2 rings (SSSR count).